The zero-order chi connectivity index (χ0) is 11.1. The number of likely N-dealkylation sites (N-methyl/N-ethyl adjacent to an activating group) is 1. The topological polar surface area (TPSA) is 66.6 Å². The molecular formula is C11H20N2O2. The average Bonchev–Trinajstić information content (AvgIpc) is 2.10. The molecule has 2 aliphatic carbocycles. The van der Waals surface area contributed by atoms with Crippen LogP contribution >= 0.6 is 0 Å². The van der Waals surface area contributed by atoms with Crippen LogP contribution in [0.15, 0.2) is 0 Å². The first kappa shape index (κ1) is 10.9. The van der Waals surface area contributed by atoms with Crippen molar-refractivity contribution in [1.29, 1.82) is 0 Å². The van der Waals surface area contributed by atoms with Gasteiger partial charge in [-0.15, -0.1) is 0 Å². The highest BCUT2D eigenvalue weighted by molar-refractivity contribution is 5.86. The molecule has 0 aromatic rings. The first-order valence-corrected chi connectivity index (χ1v) is 5.74. The largest absolute Gasteiger partial charge is 0.393 e. The summed E-state index contributed by atoms with van der Waals surface area (Å²) in [6.07, 6.45) is 4.23. The lowest BCUT2D eigenvalue weighted by molar-refractivity contribution is -0.140. The van der Waals surface area contributed by atoms with Gasteiger partial charge in [0.2, 0.25) is 5.91 Å². The van der Waals surface area contributed by atoms with Gasteiger partial charge in [0.15, 0.2) is 0 Å². The average molecular weight is 212 g/mol. The lowest BCUT2D eigenvalue weighted by atomic mass is 9.76. The van der Waals surface area contributed by atoms with Crippen LogP contribution in [0.5, 0.6) is 0 Å². The molecule has 2 saturated carbocycles. The summed E-state index contributed by atoms with van der Waals surface area (Å²) in [4.78, 5) is 13.7. The molecule has 2 aliphatic rings. The van der Waals surface area contributed by atoms with E-state index < -0.39 is 5.54 Å². The van der Waals surface area contributed by atoms with Gasteiger partial charge >= 0.3 is 0 Å². The highest BCUT2D eigenvalue weighted by Gasteiger charge is 2.42. The number of rotatable bonds is 3. The normalized spacial score (nSPS) is 32.7. The smallest absolute Gasteiger partial charge is 0.242 e. The monoisotopic (exact) mass is 212 g/mol. The van der Waals surface area contributed by atoms with Crippen LogP contribution in [0, 0.1) is 5.92 Å². The molecule has 0 bridgehead atoms. The van der Waals surface area contributed by atoms with E-state index in [2.05, 4.69) is 0 Å². The predicted molar refractivity (Wildman–Crippen MR) is 57.1 cm³/mol. The van der Waals surface area contributed by atoms with Crippen LogP contribution in [-0.4, -0.2) is 41.1 Å². The number of carbonyl (C=O) groups is 1. The fourth-order valence-electron chi connectivity index (χ4n) is 2.47. The number of amides is 1. The van der Waals surface area contributed by atoms with Crippen LogP contribution in [0.4, 0.5) is 0 Å². The van der Waals surface area contributed by atoms with E-state index in [0.29, 0.717) is 5.92 Å². The van der Waals surface area contributed by atoms with E-state index in [1.54, 1.807) is 4.90 Å². The molecule has 3 N–H and O–H groups in total. The highest BCUT2D eigenvalue weighted by Crippen LogP contribution is 2.32. The van der Waals surface area contributed by atoms with Gasteiger partial charge in [-0.2, -0.15) is 0 Å². The maximum absolute atomic E-state index is 11.9. The molecule has 0 saturated heterocycles. The summed E-state index contributed by atoms with van der Waals surface area (Å²) in [6, 6.07) is 0. The summed E-state index contributed by atoms with van der Waals surface area (Å²) >= 11 is 0. The third kappa shape index (κ3) is 2.01. The molecule has 0 aromatic heterocycles. The van der Waals surface area contributed by atoms with Gasteiger partial charge < -0.3 is 15.7 Å². The standard InChI is InChI=1S/C11H20N2O2/c1-13(7-8-5-9(14)6-8)10(15)11(12)3-2-4-11/h8-9,14H,2-7,12H2,1H3. The van der Waals surface area contributed by atoms with E-state index in [1.165, 1.54) is 0 Å². The van der Waals surface area contributed by atoms with E-state index in [-0.39, 0.29) is 12.0 Å². The molecule has 15 heavy (non-hydrogen) atoms. The number of hydrogen-bond acceptors (Lipinski definition) is 3. The third-order valence-electron chi connectivity index (χ3n) is 3.76. The molecule has 0 atom stereocenters. The van der Waals surface area contributed by atoms with Crippen molar-refractivity contribution in [3.63, 3.8) is 0 Å². The summed E-state index contributed by atoms with van der Waals surface area (Å²) in [7, 11) is 1.82. The summed E-state index contributed by atoms with van der Waals surface area (Å²) in [6.45, 7) is 0.745. The van der Waals surface area contributed by atoms with Crippen molar-refractivity contribution in [2.75, 3.05) is 13.6 Å². The SMILES string of the molecule is CN(CC1CC(O)C1)C(=O)C1(N)CCC1. The van der Waals surface area contributed by atoms with Gasteiger partial charge in [-0.05, 0) is 38.0 Å². The van der Waals surface area contributed by atoms with Gasteiger partial charge in [0.05, 0.1) is 11.6 Å². The number of nitrogens with zero attached hydrogens (tertiary/aromatic N) is 1. The molecule has 0 radical (unpaired) electrons. The number of aliphatic hydroxyl groups excluding tert-OH is 1. The minimum absolute atomic E-state index is 0.0788. The second kappa shape index (κ2) is 3.76. The highest BCUT2D eigenvalue weighted by atomic mass is 16.3. The van der Waals surface area contributed by atoms with Crippen molar-refractivity contribution >= 4 is 5.91 Å². The summed E-state index contributed by atoms with van der Waals surface area (Å²) in [5.74, 6) is 0.549. The number of hydrogen-bond donors (Lipinski definition) is 2. The van der Waals surface area contributed by atoms with Gasteiger partial charge in [0, 0.05) is 13.6 Å². The quantitative estimate of drug-likeness (QED) is 0.697. The van der Waals surface area contributed by atoms with Crippen molar-refractivity contribution in [1.82, 2.24) is 4.90 Å². The molecule has 86 valence electrons. The molecule has 4 heteroatoms. The van der Waals surface area contributed by atoms with E-state index in [9.17, 15) is 4.79 Å². The Hall–Kier alpha value is -0.610. The van der Waals surface area contributed by atoms with Crippen LogP contribution in [0.25, 0.3) is 0 Å². The minimum Gasteiger partial charge on any atom is -0.393 e. The molecule has 0 unspecified atom stereocenters. The lowest BCUT2D eigenvalue weighted by Crippen LogP contribution is -2.59. The zero-order valence-corrected chi connectivity index (χ0v) is 9.28. The second-order valence-electron chi connectivity index (χ2n) is 5.19. The Bertz CT molecular complexity index is 257. The van der Waals surface area contributed by atoms with Crippen molar-refractivity contribution in [2.24, 2.45) is 11.7 Å². The molecule has 0 aliphatic heterocycles. The first-order chi connectivity index (χ1) is 7.01. The number of aliphatic hydroxyl groups is 1. The van der Waals surface area contributed by atoms with E-state index >= 15 is 0 Å². The Labute approximate surface area is 90.4 Å². The molecule has 0 aromatic carbocycles. The maximum Gasteiger partial charge on any atom is 0.242 e. The summed E-state index contributed by atoms with van der Waals surface area (Å²) in [5, 5.41) is 9.16. The van der Waals surface area contributed by atoms with Crippen LogP contribution < -0.4 is 5.73 Å². The van der Waals surface area contributed by atoms with Gasteiger partial charge in [0.1, 0.15) is 0 Å². The van der Waals surface area contributed by atoms with Crippen molar-refractivity contribution in [3.8, 4) is 0 Å². The van der Waals surface area contributed by atoms with Crippen molar-refractivity contribution in [3.05, 3.63) is 0 Å². The van der Waals surface area contributed by atoms with Gasteiger partial charge in [-0.25, -0.2) is 0 Å². The van der Waals surface area contributed by atoms with Gasteiger partial charge in [-0.3, -0.25) is 4.79 Å². The lowest BCUT2D eigenvalue weighted by Gasteiger charge is -2.41. The van der Waals surface area contributed by atoms with E-state index in [0.717, 1.165) is 38.6 Å². The minimum atomic E-state index is -0.572. The van der Waals surface area contributed by atoms with Crippen LogP contribution in [0.1, 0.15) is 32.1 Å². The van der Waals surface area contributed by atoms with Crippen molar-refractivity contribution < 1.29 is 9.90 Å². The molecule has 2 fully saturated rings. The molecule has 2 rings (SSSR count). The van der Waals surface area contributed by atoms with Gasteiger partial charge in [-0.1, -0.05) is 0 Å². The molecule has 1 amide bonds. The van der Waals surface area contributed by atoms with Gasteiger partial charge in [0.25, 0.3) is 0 Å². The first-order valence-electron chi connectivity index (χ1n) is 5.74. The van der Waals surface area contributed by atoms with Crippen molar-refractivity contribution in [2.45, 2.75) is 43.7 Å². The van der Waals surface area contributed by atoms with Crippen LogP contribution in [0.2, 0.25) is 0 Å². The fourth-order valence-corrected chi connectivity index (χ4v) is 2.47. The Morgan fingerprint density at radius 2 is 2.13 bits per heavy atom. The number of carbonyl (C=O) groups excluding carboxylic acids is 1. The molecular weight excluding hydrogens is 192 g/mol. The van der Waals surface area contributed by atoms with Crippen LogP contribution in [-0.2, 0) is 4.79 Å². The fraction of sp³-hybridized carbons (Fsp3) is 0.909. The predicted octanol–water partition coefficient (Wildman–Crippen LogP) is 0.0971. The van der Waals surface area contributed by atoms with E-state index in [1.807, 2.05) is 7.05 Å². The molecule has 4 nitrogen and oxygen atoms in total. The van der Waals surface area contributed by atoms with E-state index in [4.69, 9.17) is 10.8 Å². The van der Waals surface area contributed by atoms with Crippen LogP contribution in [0.3, 0.4) is 0 Å². The Balaban J connectivity index is 1.80. The Morgan fingerprint density at radius 1 is 1.53 bits per heavy atom. The third-order valence-corrected chi connectivity index (χ3v) is 3.76. The summed E-state index contributed by atoms with van der Waals surface area (Å²) < 4.78 is 0. The molecule has 0 heterocycles. The summed E-state index contributed by atoms with van der Waals surface area (Å²) in [5.41, 5.74) is 5.40. The number of nitrogens with two attached hydrogens (primary N) is 1. The Morgan fingerprint density at radius 3 is 2.53 bits per heavy atom. The Kier molecular flexibility index (Phi) is 2.73. The molecule has 0 spiro atoms. The zero-order valence-electron chi connectivity index (χ0n) is 9.28. The second-order valence-corrected chi connectivity index (χ2v) is 5.19. The maximum atomic E-state index is 11.9.